The van der Waals surface area contributed by atoms with Gasteiger partial charge in [0, 0.05) is 19.3 Å². The number of ether oxygens (including phenoxy) is 3. The average molecular weight is 591 g/mol. The van der Waals surface area contributed by atoms with Crippen molar-refractivity contribution in [3.63, 3.8) is 0 Å². The molecular weight excluding hydrogens is 550 g/mol. The summed E-state index contributed by atoms with van der Waals surface area (Å²) in [5.41, 5.74) is 2.83. The maximum absolute atomic E-state index is 13.6. The van der Waals surface area contributed by atoms with E-state index in [0.29, 0.717) is 42.0 Å². The highest BCUT2D eigenvalue weighted by molar-refractivity contribution is 6.02. The van der Waals surface area contributed by atoms with Crippen LogP contribution in [0.2, 0.25) is 0 Å². The molecule has 42 heavy (non-hydrogen) atoms. The molecule has 2 amide bonds. The molecule has 0 spiro atoms. The molecule has 0 saturated carbocycles. The summed E-state index contributed by atoms with van der Waals surface area (Å²) in [6.45, 7) is 8.41. The number of nitrogens with zero attached hydrogens (tertiary/aromatic N) is 2. The van der Waals surface area contributed by atoms with Gasteiger partial charge in [0.15, 0.2) is 0 Å². The molecule has 3 rings (SSSR count). The first-order valence-electron chi connectivity index (χ1n) is 13.9. The Balaban J connectivity index is 1.79. The number of carboxylic acid groups (broad SMARTS) is 1. The van der Waals surface area contributed by atoms with Gasteiger partial charge in [-0.15, -0.1) is 0 Å². The highest BCUT2D eigenvalue weighted by Crippen LogP contribution is 2.37. The largest absolute Gasteiger partial charge is 0.489 e. The van der Waals surface area contributed by atoms with E-state index in [4.69, 9.17) is 14.2 Å². The van der Waals surface area contributed by atoms with Crippen LogP contribution in [-0.2, 0) is 33.8 Å². The molecule has 1 aliphatic rings. The third kappa shape index (κ3) is 8.33. The number of halogens is 2. The van der Waals surface area contributed by atoms with E-state index in [2.05, 4.69) is 0 Å². The molecule has 1 N–H and O–H groups in total. The number of hydrogen-bond acceptors (Lipinski definition) is 6. The molecule has 2 aromatic carbocycles. The lowest BCUT2D eigenvalue weighted by atomic mass is 10.0. The van der Waals surface area contributed by atoms with E-state index in [1.165, 1.54) is 11.9 Å². The number of benzene rings is 2. The number of carboxylic acids is 1. The van der Waals surface area contributed by atoms with Crippen molar-refractivity contribution >= 4 is 23.7 Å². The van der Waals surface area contributed by atoms with Crippen LogP contribution in [0.15, 0.2) is 30.3 Å². The minimum Gasteiger partial charge on any atom is -0.489 e. The van der Waals surface area contributed by atoms with Crippen molar-refractivity contribution in [2.45, 2.75) is 85.7 Å². The van der Waals surface area contributed by atoms with E-state index in [-0.39, 0.29) is 18.3 Å². The molecule has 0 unspecified atom stereocenters. The number of aliphatic carboxylic acids is 1. The monoisotopic (exact) mass is 590 g/mol. The zero-order valence-corrected chi connectivity index (χ0v) is 25.2. The molecule has 9 nitrogen and oxygen atoms in total. The zero-order chi connectivity index (χ0) is 31.4. The number of fused-ring (bicyclic) bond motifs is 1. The minimum atomic E-state index is -2.93. The maximum atomic E-state index is 13.6. The predicted molar refractivity (Wildman–Crippen MR) is 153 cm³/mol. The summed E-state index contributed by atoms with van der Waals surface area (Å²) in [6, 6.07) is 7.35. The van der Waals surface area contributed by atoms with Crippen molar-refractivity contribution < 1.29 is 42.5 Å². The van der Waals surface area contributed by atoms with Crippen molar-refractivity contribution in [3.05, 3.63) is 52.6 Å². The van der Waals surface area contributed by atoms with Crippen molar-refractivity contribution in [1.82, 2.24) is 4.90 Å². The fourth-order valence-corrected chi connectivity index (χ4v) is 4.88. The Labute approximate surface area is 245 Å². The number of likely N-dealkylation sites (N-methyl/N-ethyl adjacent to an activating group) is 1. The van der Waals surface area contributed by atoms with E-state index in [1.54, 1.807) is 45.0 Å². The molecule has 1 atom stereocenters. The van der Waals surface area contributed by atoms with E-state index >= 15 is 0 Å². The van der Waals surface area contributed by atoms with Gasteiger partial charge in [-0.3, -0.25) is 14.5 Å². The molecule has 2 aromatic rings. The maximum Gasteiger partial charge on any atom is 0.410 e. The summed E-state index contributed by atoms with van der Waals surface area (Å²) in [7, 11) is 1.35. The van der Waals surface area contributed by atoms with Crippen molar-refractivity contribution in [2.75, 3.05) is 18.5 Å². The van der Waals surface area contributed by atoms with Gasteiger partial charge in [-0.2, -0.15) is 8.78 Å². The quantitative estimate of drug-likeness (QED) is 0.344. The van der Waals surface area contributed by atoms with Crippen LogP contribution in [0.25, 0.3) is 0 Å². The van der Waals surface area contributed by atoms with Gasteiger partial charge in [0.1, 0.15) is 29.7 Å². The average Bonchev–Trinajstić information content (AvgIpc) is 3.30. The summed E-state index contributed by atoms with van der Waals surface area (Å²) in [5, 5.41) is 9.47. The highest BCUT2D eigenvalue weighted by Gasteiger charge is 2.38. The molecule has 1 heterocycles. The molecule has 230 valence electrons. The zero-order valence-electron chi connectivity index (χ0n) is 25.2. The van der Waals surface area contributed by atoms with Crippen molar-refractivity contribution in [3.8, 4) is 11.5 Å². The standard InChI is InChI=1S/C31H40F2N2O7/c1-18(2)14-21-9-8-20(15-26(21)41-29(32)33)17-40-25-11-10-23-22(19(25)3)12-13-35(23)28(38)24(16-27(36)37)34(7)30(39)42-31(4,5)6/h8-11,15,18,24,29H,12-14,16-17H2,1-7H3,(H,36,37)/t24-/m1/s1. The molecule has 0 aromatic heterocycles. The van der Waals surface area contributed by atoms with Gasteiger partial charge in [0.2, 0.25) is 0 Å². The van der Waals surface area contributed by atoms with Gasteiger partial charge in [0.25, 0.3) is 5.91 Å². The predicted octanol–water partition coefficient (Wildman–Crippen LogP) is 5.97. The van der Waals surface area contributed by atoms with Crippen LogP contribution in [0.5, 0.6) is 11.5 Å². The Bertz CT molecular complexity index is 1310. The number of carbonyl (C=O) groups excluding carboxylic acids is 2. The molecule has 1 aliphatic heterocycles. The Morgan fingerprint density at radius 3 is 2.38 bits per heavy atom. The lowest BCUT2D eigenvalue weighted by molar-refractivity contribution is -0.140. The number of rotatable bonds is 11. The van der Waals surface area contributed by atoms with Crippen LogP contribution < -0.4 is 14.4 Å². The second kappa shape index (κ2) is 13.4. The van der Waals surface area contributed by atoms with Gasteiger partial charge >= 0.3 is 18.7 Å². The molecule has 0 bridgehead atoms. The van der Waals surface area contributed by atoms with Gasteiger partial charge < -0.3 is 24.2 Å². The number of alkyl halides is 2. The van der Waals surface area contributed by atoms with Gasteiger partial charge in [-0.1, -0.05) is 26.0 Å². The lowest BCUT2D eigenvalue weighted by Gasteiger charge is -2.31. The van der Waals surface area contributed by atoms with E-state index in [0.717, 1.165) is 16.0 Å². The van der Waals surface area contributed by atoms with Crippen LogP contribution in [-0.4, -0.2) is 59.8 Å². The number of amides is 2. The first kappa shape index (κ1) is 32.6. The topological polar surface area (TPSA) is 106 Å². The Morgan fingerprint density at radius 1 is 1.10 bits per heavy atom. The van der Waals surface area contributed by atoms with E-state index in [9.17, 15) is 28.3 Å². The summed E-state index contributed by atoms with van der Waals surface area (Å²) in [6.07, 6.45) is -0.256. The summed E-state index contributed by atoms with van der Waals surface area (Å²) in [5.74, 6) is -0.775. The third-order valence-corrected chi connectivity index (χ3v) is 6.84. The fraction of sp³-hybridized carbons (Fsp3) is 0.516. The second-order valence-electron chi connectivity index (χ2n) is 11.8. The number of anilines is 1. The van der Waals surface area contributed by atoms with E-state index < -0.39 is 42.6 Å². The van der Waals surface area contributed by atoms with Gasteiger partial charge in [0.05, 0.1) is 6.42 Å². The summed E-state index contributed by atoms with van der Waals surface area (Å²) < 4.78 is 42.2. The summed E-state index contributed by atoms with van der Waals surface area (Å²) >= 11 is 0. The second-order valence-corrected chi connectivity index (χ2v) is 11.8. The molecule has 0 aliphatic carbocycles. The summed E-state index contributed by atoms with van der Waals surface area (Å²) in [4.78, 5) is 40.4. The Kier molecular flexibility index (Phi) is 10.4. The van der Waals surface area contributed by atoms with Gasteiger partial charge in [-0.25, -0.2) is 4.79 Å². The first-order valence-corrected chi connectivity index (χ1v) is 13.9. The number of carbonyl (C=O) groups is 3. The highest BCUT2D eigenvalue weighted by atomic mass is 19.3. The molecular formula is C31H40F2N2O7. The third-order valence-electron chi connectivity index (χ3n) is 6.84. The molecule has 0 radical (unpaired) electrons. The van der Waals surface area contributed by atoms with Crippen LogP contribution in [0.4, 0.5) is 19.3 Å². The number of hydrogen-bond donors (Lipinski definition) is 1. The Hall–Kier alpha value is -3.89. The van der Waals surface area contributed by atoms with Crippen LogP contribution in [0, 0.1) is 12.8 Å². The van der Waals surface area contributed by atoms with Crippen LogP contribution in [0.3, 0.4) is 0 Å². The van der Waals surface area contributed by atoms with Crippen molar-refractivity contribution in [2.24, 2.45) is 5.92 Å². The first-order chi connectivity index (χ1) is 19.6. The van der Waals surface area contributed by atoms with Crippen molar-refractivity contribution in [1.29, 1.82) is 0 Å². The fourth-order valence-electron chi connectivity index (χ4n) is 4.88. The molecule has 0 saturated heterocycles. The van der Waals surface area contributed by atoms with Crippen LogP contribution in [0.1, 0.15) is 63.3 Å². The lowest BCUT2D eigenvalue weighted by Crippen LogP contribution is -2.51. The SMILES string of the molecule is Cc1c(OCc2ccc(CC(C)C)c(OC(F)F)c2)ccc2c1CCN2C(=O)[C@@H](CC(=O)O)N(C)C(=O)OC(C)(C)C. The Morgan fingerprint density at radius 2 is 1.79 bits per heavy atom. The minimum absolute atomic E-state index is 0.116. The van der Waals surface area contributed by atoms with E-state index in [1.807, 2.05) is 26.8 Å². The van der Waals surface area contributed by atoms with Crippen LogP contribution >= 0.6 is 0 Å². The smallest absolute Gasteiger partial charge is 0.410 e. The van der Waals surface area contributed by atoms with Gasteiger partial charge in [-0.05, 0) is 86.9 Å². The molecule has 0 fully saturated rings. The molecule has 11 heteroatoms. The normalized spacial score (nSPS) is 13.6.